The Morgan fingerprint density at radius 2 is 2.25 bits per heavy atom. The third-order valence-corrected chi connectivity index (χ3v) is 5.43. The van der Waals surface area contributed by atoms with E-state index in [4.69, 9.17) is 0 Å². The minimum absolute atomic E-state index is 0.0243. The first-order chi connectivity index (χ1) is 11.6. The molecular formula is C17H20N4OS2. The molecule has 3 rings (SSSR count). The van der Waals surface area contributed by atoms with Gasteiger partial charge in [0.25, 0.3) is 0 Å². The van der Waals surface area contributed by atoms with E-state index in [0.717, 1.165) is 22.7 Å². The number of nitrogens with one attached hydrogen (secondary N) is 1. The second-order valence-corrected chi connectivity index (χ2v) is 7.48. The SMILES string of the molecule is Cc1cnn(CCC(=O)N[C@@H](Cc2ccsc2)c2nc(C)cs2)c1. The van der Waals surface area contributed by atoms with Gasteiger partial charge in [-0.3, -0.25) is 9.48 Å². The molecule has 3 aromatic rings. The summed E-state index contributed by atoms with van der Waals surface area (Å²) in [4.78, 5) is 16.9. The van der Waals surface area contributed by atoms with Crippen LogP contribution in [0.1, 0.15) is 34.3 Å². The molecule has 0 radical (unpaired) electrons. The normalized spacial score (nSPS) is 12.2. The largest absolute Gasteiger partial charge is 0.346 e. The Labute approximate surface area is 149 Å². The summed E-state index contributed by atoms with van der Waals surface area (Å²) in [6.07, 6.45) is 4.92. The first kappa shape index (κ1) is 16.9. The van der Waals surface area contributed by atoms with Crippen molar-refractivity contribution in [2.75, 3.05) is 0 Å². The summed E-state index contributed by atoms with van der Waals surface area (Å²) in [5, 5.41) is 14.5. The summed E-state index contributed by atoms with van der Waals surface area (Å²) in [6, 6.07) is 2.02. The molecule has 24 heavy (non-hydrogen) atoms. The highest BCUT2D eigenvalue weighted by molar-refractivity contribution is 7.09. The molecule has 1 atom stereocenters. The van der Waals surface area contributed by atoms with Crippen LogP contribution in [0, 0.1) is 13.8 Å². The number of carbonyl (C=O) groups excluding carboxylic acids is 1. The van der Waals surface area contributed by atoms with E-state index in [0.29, 0.717) is 13.0 Å². The van der Waals surface area contributed by atoms with Gasteiger partial charge in [-0.1, -0.05) is 0 Å². The molecule has 5 nitrogen and oxygen atoms in total. The topological polar surface area (TPSA) is 59.8 Å². The summed E-state index contributed by atoms with van der Waals surface area (Å²) in [5.74, 6) is 0.0243. The highest BCUT2D eigenvalue weighted by Crippen LogP contribution is 2.23. The van der Waals surface area contributed by atoms with E-state index in [1.165, 1.54) is 5.56 Å². The molecule has 0 bridgehead atoms. The van der Waals surface area contributed by atoms with Crippen LogP contribution >= 0.6 is 22.7 Å². The average Bonchev–Trinajstić information content (AvgIpc) is 3.27. The van der Waals surface area contributed by atoms with E-state index in [2.05, 4.69) is 32.2 Å². The predicted octanol–water partition coefficient (Wildman–Crippen LogP) is 3.51. The van der Waals surface area contributed by atoms with Crippen LogP contribution in [0.4, 0.5) is 0 Å². The molecule has 1 N–H and O–H groups in total. The molecule has 0 unspecified atom stereocenters. The monoisotopic (exact) mass is 360 g/mol. The van der Waals surface area contributed by atoms with Crippen LogP contribution in [0.2, 0.25) is 0 Å². The highest BCUT2D eigenvalue weighted by Gasteiger charge is 2.18. The Kier molecular flexibility index (Phi) is 5.42. The molecule has 0 aliphatic rings. The van der Waals surface area contributed by atoms with Gasteiger partial charge in [-0.25, -0.2) is 4.98 Å². The van der Waals surface area contributed by atoms with Gasteiger partial charge in [0.1, 0.15) is 5.01 Å². The number of thiazole rings is 1. The standard InChI is InChI=1S/C17H20N4OS2/c1-12-8-18-21(9-12)5-3-16(22)20-15(7-14-4-6-23-11-14)17-19-13(2)10-24-17/h4,6,8-11,15H,3,5,7H2,1-2H3,(H,20,22)/t15-/m0/s1. The Hall–Kier alpha value is -1.99. The molecular weight excluding hydrogens is 340 g/mol. The minimum Gasteiger partial charge on any atom is -0.346 e. The molecule has 0 aliphatic heterocycles. The van der Waals surface area contributed by atoms with Gasteiger partial charge in [0.2, 0.25) is 5.91 Å². The van der Waals surface area contributed by atoms with E-state index in [-0.39, 0.29) is 11.9 Å². The zero-order chi connectivity index (χ0) is 16.9. The lowest BCUT2D eigenvalue weighted by atomic mass is 10.1. The Morgan fingerprint density at radius 1 is 1.38 bits per heavy atom. The quantitative estimate of drug-likeness (QED) is 0.701. The molecule has 0 fully saturated rings. The molecule has 0 saturated carbocycles. The van der Waals surface area contributed by atoms with Crippen LogP contribution in [0.25, 0.3) is 0 Å². The molecule has 0 aromatic carbocycles. The number of thiophene rings is 1. The fourth-order valence-corrected chi connectivity index (χ4v) is 3.98. The van der Waals surface area contributed by atoms with Crippen molar-refractivity contribution in [1.82, 2.24) is 20.1 Å². The van der Waals surface area contributed by atoms with Gasteiger partial charge in [-0.15, -0.1) is 11.3 Å². The van der Waals surface area contributed by atoms with Crippen LogP contribution < -0.4 is 5.32 Å². The molecule has 0 saturated heterocycles. The molecule has 7 heteroatoms. The number of aryl methyl sites for hydroxylation is 3. The predicted molar refractivity (Wildman–Crippen MR) is 97.3 cm³/mol. The van der Waals surface area contributed by atoms with Gasteiger partial charge in [-0.2, -0.15) is 16.4 Å². The molecule has 0 aliphatic carbocycles. The number of hydrogen-bond donors (Lipinski definition) is 1. The van der Waals surface area contributed by atoms with Crippen molar-refractivity contribution in [2.24, 2.45) is 0 Å². The molecule has 1 amide bonds. The number of carbonyl (C=O) groups is 1. The summed E-state index contributed by atoms with van der Waals surface area (Å²) in [7, 11) is 0. The first-order valence-electron chi connectivity index (χ1n) is 7.81. The van der Waals surface area contributed by atoms with Crippen LogP contribution in [-0.4, -0.2) is 20.7 Å². The summed E-state index contributed by atoms with van der Waals surface area (Å²) in [6.45, 7) is 4.55. The van der Waals surface area contributed by atoms with Gasteiger partial charge in [0.05, 0.1) is 12.2 Å². The van der Waals surface area contributed by atoms with Gasteiger partial charge in [-0.05, 0) is 41.8 Å². The van der Waals surface area contributed by atoms with Crippen molar-refractivity contribution in [3.05, 3.63) is 56.4 Å². The van der Waals surface area contributed by atoms with E-state index in [1.807, 2.05) is 25.4 Å². The number of amides is 1. The highest BCUT2D eigenvalue weighted by atomic mass is 32.1. The lowest BCUT2D eigenvalue weighted by Crippen LogP contribution is -2.30. The van der Waals surface area contributed by atoms with E-state index < -0.39 is 0 Å². The zero-order valence-electron chi connectivity index (χ0n) is 13.7. The van der Waals surface area contributed by atoms with Gasteiger partial charge < -0.3 is 5.32 Å². The van der Waals surface area contributed by atoms with Crippen LogP contribution in [0.5, 0.6) is 0 Å². The van der Waals surface area contributed by atoms with Crippen molar-refractivity contribution in [2.45, 2.75) is 39.3 Å². The number of aromatic nitrogens is 3. The van der Waals surface area contributed by atoms with E-state index in [1.54, 1.807) is 33.6 Å². The maximum absolute atomic E-state index is 12.4. The lowest BCUT2D eigenvalue weighted by molar-refractivity contribution is -0.122. The summed E-state index contributed by atoms with van der Waals surface area (Å²) in [5.41, 5.74) is 3.32. The van der Waals surface area contributed by atoms with E-state index in [9.17, 15) is 4.79 Å². The summed E-state index contributed by atoms with van der Waals surface area (Å²) >= 11 is 3.27. The zero-order valence-corrected chi connectivity index (χ0v) is 15.4. The fraction of sp³-hybridized carbons (Fsp3) is 0.353. The molecule has 0 spiro atoms. The fourth-order valence-electron chi connectivity index (χ4n) is 2.45. The number of nitrogens with zero attached hydrogens (tertiary/aromatic N) is 3. The molecule has 3 aromatic heterocycles. The third kappa shape index (κ3) is 4.52. The first-order valence-corrected chi connectivity index (χ1v) is 9.64. The third-order valence-electron chi connectivity index (χ3n) is 3.62. The van der Waals surface area contributed by atoms with Crippen molar-refractivity contribution in [1.29, 1.82) is 0 Å². The smallest absolute Gasteiger partial charge is 0.222 e. The van der Waals surface area contributed by atoms with Crippen LogP contribution in [0.15, 0.2) is 34.6 Å². The van der Waals surface area contributed by atoms with Gasteiger partial charge in [0.15, 0.2) is 0 Å². The maximum Gasteiger partial charge on any atom is 0.222 e. The second kappa shape index (κ2) is 7.72. The Bertz CT molecular complexity index is 791. The number of hydrogen-bond acceptors (Lipinski definition) is 5. The molecule has 126 valence electrons. The van der Waals surface area contributed by atoms with Crippen LogP contribution in [-0.2, 0) is 17.8 Å². The van der Waals surface area contributed by atoms with Crippen molar-refractivity contribution in [3.8, 4) is 0 Å². The minimum atomic E-state index is -0.0786. The van der Waals surface area contributed by atoms with Gasteiger partial charge in [0, 0.05) is 36.7 Å². The van der Waals surface area contributed by atoms with Crippen LogP contribution in [0.3, 0.4) is 0 Å². The maximum atomic E-state index is 12.4. The lowest BCUT2D eigenvalue weighted by Gasteiger charge is -2.16. The second-order valence-electron chi connectivity index (χ2n) is 5.81. The van der Waals surface area contributed by atoms with Crippen molar-refractivity contribution in [3.63, 3.8) is 0 Å². The van der Waals surface area contributed by atoms with Crippen molar-refractivity contribution >= 4 is 28.6 Å². The van der Waals surface area contributed by atoms with E-state index >= 15 is 0 Å². The Balaban J connectivity index is 1.63. The van der Waals surface area contributed by atoms with Gasteiger partial charge >= 0.3 is 0 Å². The molecule has 3 heterocycles. The Morgan fingerprint density at radius 3 is 2.88 bits per heavy atom. The number of rotatable bonds is 7. The summed E-state index contributed by atoms with van der Waals surface area (Å²) < 4.78 is 1.80. The average molecular weight is 361 g/mol. The van der Waals surface area contributed by atoms with Crippen molar-refractivity contribution < 1.29 is 4.79 Å².